The molecule has 1 heterocycles. The summed E-state index contributed by atoms with van der Waals surface area (Å²) in [6.45, 7) is 5.24. The zero-order valence-corrected chi connectivity index (χ0v) is 8.24. The van der Waals surface area contributed by atoms with Crippen LogP contribution in [0.5, 0.6) is 0 Å². The summed E-state index contributed by atoms with van der Waals surface area (Å²) < 4.78 is 0. The average Bonchev–Trinajstić information content (AvgIpc) is 2.19. The van der Waals surface area contributed by atoms with Gasteiger partial charge in [0.05, 0.1) is 12.0 Å². The van der Waals surface area contributed by atoms with Crippen LogP contribution in [-0.4, -0.2) is 36.2 Å². The number of hydrogen-bond acceptors (Lipinski definition) is 3. The van der Waals surface area contributed by atoms with Crippen LogP contribution in [0.2, 0.25) is 0 Å². The Morgan fingerprint density at radius 1 is 1.54 bits per heavy atom. The lowest BCUT2D eigenvalue weighted by Gasteiger charge is -2.31. The standard InChI is InChI=1S/C10H18N2O/c1-9(6-11)7-12-4-2-10(8-13)3-5-12/h9-10,13H,2-5,7-8H2,1H3. The van der Waals surface area contributed by atoms with Gasteiger partial charge in [0, 0.05) is 13.2 Å². The van der Waals surface area contributed by atoms with Crippen LogP contribution in [0.25, 0.3) is 0 Å². The van der Waals surface area contributed by atoms with Crippen molar-refractivity contribution in [3.05, 3.63) is 0 Å². The van der Waals surface area contributed by atoms with Gasteiger partial charge in [-0.25, -0.2) is 0 Å². The Labute approximate surface area is 80.0 Å². The Morgan fingerprint density at radius 3 is 2.62 bits per heavy atom. The van der Waals surface area contributed by atoms with E-state index in [4.69, 9.17) is 10.4 Å². The van der Waals surface area contributed by atoms with E-state index in [0.717, 1.165) is 32.5 Å². The summed E-state index contributed by atoms with van der Waals surface area (Å²) >= 11 is 0. The Balaban J connectivity index is 2.22. The highest BCUT2D eigenvalue weighted by molar-refractivity contribution is 4.83. The van der Waals surface area contributed by atoms with Crippen LogP contribution in [0.4, 0.5) is 0 Å². The summed E-state index contributed by atoms with van der Waals surface area (Å²) in [5.74, 6) is 0.624. The molecule has 3 heteroatoms. The second kappa shape index (κ2) is 5.21. The van der Waals surface area contributed by atoms with Gasteiger partial charge < -0.3 is 10.0 Å². The average molecular weight is 182 g/mol. The largest absolute Gasteiger partial charge is 0.396 e. The Bertz CT molecular complexity index is 180. The van der Waals surface area contributed by atoms with Crippen molar-refractivity contribution in [1.29, 1.82) is 5.26 Å². The molecule has 74 valence electrons. The van der Waals surface area contributed by atoms with Crippen molar-refractivity contribution < 1.29 is 5.11 Å². The van der Waals surface area contributed by atoms with Crippen molar-refractivity contribution in [2.24, 2.45) is 11.8 Å². The van der Waals surface area contributed by atoms with Gasteiger partial charge in [-0.3, -0.25) is 0 Å². The smallest absolute Gasteiger partial charge is 0.0666 e. The summed E-state index contributed by atoms with van der Waals surface area (Å²) in [7, 11) is 0. The van der Waals surface area contributed by atoms with E-state index in [1.807, 2.05) is 6.92 Å². The number of aliphatic hydroxyl groups excluding tert-OH is 1. The van der Waals surface area contributed by atoms with Crippen molar-refractivity contribution in [2.45, 2.75) is 19.8 Å². The highest BCUT2D eigenvalue weighted by Gasteiger charge is 2.19. The van der Waals surface area contributed by atoms with E-state index in [0.29, 0.717) is 12.5 Å². The fraction of sp³-hybridized carbons (Fsp3) is 0.900. The van der Waals surface area contributed by atoms with Gasteiger partial charge in [-0.05, 0) is 38.8 Å². The molecule has 0 saturated carbocycles. The fourth-order valence-corrected chi connectivity index (χ4v) is 1.78. The fourth-order valence-electron chi connectivity index (χ4n) is 1.78. The number of aliphatic hydroxyl groups is 1. The van der Waals surface area contributed by atoms with E-state index in [-0.39, 0.29) is 5.92 Å². The van der Waals surface area contributed by atoms with E-state index in [1.54, 1.807) is 0 Å². The molecular formula is C10H18N2O. The third-order valence-electron chi connectivity index (χ3n) is 2.72. The molecule has 1 atom stereocenters. The van der Waals surface area contributed by atoms with Crippen LogP contribution in [0.15, 0.2) is 0 Å². The molecule has 1 rings (SSSR count). The first-order valence-electron chi connectivity index (χ1n) is 4.99. The molecule has 0 amide bonds. The van der Waals surface area contributed by atoms with E-state index in [1.165, 1.54) is 0 Å². The number of piperidine rings is 1. The number of nitriles is 1. The third kappa shape index (κ3) is 3.33. The first kappa shape index (κ1) is 10.5. The predicted molar refractivity (Wildman–Crippen MR) is 51.0 cm³/mol. The molecule has 0 aromatic carbocycles. The maximum Gasteiger partial charge on any atom is 0.0666 e. The number of hydrogen-bond donors (Lipinski definition) is 1. The molecule has 0 bridgehead atoms. The summed E-state index contributed by atoms with van der Waals surface area (Å²) in [5.41, 5.74) is 0. The number of likely N-dealkylation sites (tertiary alicyclic amines) is 1. The van der Waals surface area contributed by atoms with E-state index in [2.05, 4.69) is 11.0 Å². The van der Waals surface area contributed by atoms with Crippen LogP contribution < -0.4 is 0 Å². The van der Waals surface area contributed by atoms with E-state index < -0.39 is 0 Å². The Kier molecular flexibility index (Phi) is 4.20. The lowest BCUT2D eigenvalue weighted by atomic mass is 9.97. The van der Waals surface area contributed by atoms with Gasteiger partial charge in [-0.2, -0.15) is 5.26 Å². The Morgan fingerprint density at radius 2 is 2.15 bits per heavy atom. The molecule has 1 N–H and O–H groups in total. The molecule has 1 aliphatic rings. The minimum atomic E-state index is 0.130. The van der Waals surface area contributed by atoms with Gasteiger partial charge in [-0.1, -0.05) is 0 Å². The molecule has 1 aliphatic heterocycles. The summed E-state index contributed by atoms with van der Waals surface area (Å²) in [6.07, 6.45) is 2.16. The van der Waals surface area contributed by atoms with Crippen molar-refractivity contribution in [3.63, 3.8) is 0 Å². The molecule has 0 aromatic heterocycles. The molecule has 0 radical (unpaired) electrons. The predicted octanol–water partition coefficient (Wildman–Crippen LogP) is 0.850. The van der Waals surface area contributed by atoms with Crippen LogP contribution in [0, 0.1) is 23.2 Å². The third-order valence-corrected chi connectivity index (χ3v) is 2.72. The molecule has 13 heavy (non-hydrogen) atoms. The van der Waals surface area contributed by atoms with Gasteiger partial charge in [0.15, 0.2) is 0 Å². The molecule has 0 aromatic rings. The second-order valence-electron chi connectivity index (χ2n) is 3.96. The van der Waals surface area contributed by atoms with Gasteiger partial charge in [0.25, 0.3) is 0 Å². The van der Waals surface area contributed by atoms with Crippen molar-refractivity contribution in [2.75, 3.05) is 26.2 Å². The highest BCUT2D eigenvalue weighted by atomic mass is 16.3. The zero-order chi connectivity index (χ0) is 9.68. The van der Waals surface area contributed by atoms with Crippen LogP contribution >= 0.6 is 0 Å². The summed E-state index contributed by atoms with van der Waals surface area (Å²) in [4.78, 5) is 2.32. The lowest BCUT2D eigenvalue weighted by molar-refractivity contribution is 0.126. The normalized spacial score (nSPS) is 22.5. The number of rotatable bonds is 3. The first-order chi connectivity index (χ1) is 6.26. The first-order valence-corrected chi connectivity index (χ1v) is 4.99. The van der Waals surface area contributed by atoms with Crippen molar-refractivity contribution >= 4 is 0 Å². The maximum atomic E-state index is 8.93. The highest BCUT2D eigenvalue weighted by Crippen LogP contribution is 2.16. The minimum absolute atomic E-state index is 0.130. The SMILES string of the molecule is CC(C#N)CN1CCC(CO)CC1. The summed E-state index contributed by atoms with van der Waals surface area (Å²) in [6, 6.07) is 2.25. The van der Waals surface area contributed by atoms with Crippen molar-refractivity contribution in [1.82, 2.24) is 4.90 Å². The molecule has 0 aliphatic carbocycles. The van der Waals surface area contributed by atoms with Crippen molar-refractivity contribution in [3.8, 4) is 6.07 Å². The molecule has 0 spiro atoms. The minimum Gasteiger partial charge on any atom is -0.396 e. The zero-order valence-electron chi connectivity index (χ0n) is 8.24. The van der Waals surface area contributed by atoms with Gasteiger partial charge >= 0.3 is 0 Å². The molecule has 3 nitrogen and oxygen atoms in total. The molecule has 1 saturated heterocycles. The van der Waals surface area contributed by atoms with Crippen LogP contribution in [0.1, 0.15) is 19.8 Å². The molecule has 1 unspecified atom stereocenters. The topological polar surface area (TPSA) is 47.3 Å². The van der Waals surface area contributed by atoms with Gasteiger partial charge in [0.1, 0.15) is 0 Å². The maximum absolute atomic E-state index is 8.93. The van der Waals surface area contributed by atoms with Gasteiger partial charge in [0.2, 0.25) is 0 Å². The Hall–Kier alpha value is -0.590. The monoisotopic (exact) mass is 182 g/mol. The van der Waals surface area contributed by atoms with Gasteiger partial charge in [-0.15, -0.1) is 0 Å². The number of nitrogens with zero attached hydrogens (tertiary/aromatic N) is 2. The van der Waals surface area contributed by atoms with Crippen LogP contribution in [-0.2, 0) is 0 Å². The quantitative estimate of drug-likeness (QED) is 0.704. The lowest BCUT2D eigenvalue weighted by Crippen LogP contribution is -2.37. The summed E-state index contributed by atoms with van der Waals surface area (Å²) in [5, 5.41) is 17.6. The molecule has 1 fully saturated rings. The molecular weight excluding hydrogens is 164 g/mol. The van der Waals surface area contributed by atoms with E-state index in [9.17, 15) is 0 Å². The second-order valence-corrected chi connectivity index (χ2v) is 3.96. The van der Waals surface area contributed by atoms with E-state index >= 15 is 0 Å². The van der Waals surface area contributed by atoms with Crippen LogP contribution in [0.3, 0.4) is 0 Å².